The van der Waals surface area contributed by atoms with Crippen LogP contribution in [-0.2, 0) is 0 Å². The van der Waals surface area contributed by atoms with E-state index in [1.54, 1.807) is 0 Å². The summed E-state index contributed by atoms with van der Waals surface area (Å²) in [6.07, 6.45) is 7.13. The number of nitriles is 1. The maximum Gasteiger partial charge on any atom is 0.0621 e. The zero-order chi connectivity index (χ0) is 9.52. The maximum atomic E-state index is 8.34. The fraction of sp³-hybridized carbons (Fsp3) is 0.909. The van der Waals surface area contributed by atoms with Crippen LogP contribution in [0.25, 0.3) is 0 Å². The third kappa shape index (κ3) is 3.78. The van der Waals surface area contributed by atoms with Crippen LogP contribution in [0.3, 0.4) is 0 Å². The predicted molar refractivity (Wildman–Crippen MR) is 54.3 cm³/mol. The van der Waals surface area contributed by atoms with Crippen LogP contribution in [0.2, 0.25) is 0 Å². The summed E-state index contributed by atoms with van der Waals surface area (Å²) in [4.78, 5) is 0. The molecule has 2 heteroatoms. The summed E-state index contributed by atoms with van der Waals surface area (Å²) in [7, 11) is 0. The molecule has 0 aromatic heterocycles. The van der Waals surface area contributed by atoms with E-state index in [-0.39, 0.29) is 0 Å². The summed E-state index contributed by atoms with van der Waals surface area (Å²) in [5.41, 5.74) is 0. The second kappa shape index (κ2) is 5.99. The molecule has 0 saturated heterocycles. The highest BCUT2D eigenvalue weighted by Crippen LogP contribution is 2.29. The first-order valence-corrected chi connectivity index (χ1v) is 5.45. The normalized spacial score (nSPS) is 19.1. The molecule has 74 valence electrons. The van der Waals surface area contributed by atoms with E-state index in [0.717, 1.165) is 25.3 Å². The Morgan fingerprint density at radius 1 is 1.46 bits per heavy atom. The Bertz CT molecular complexity index is 167. The summed E-state index contributed by atoms with van der Waals surface area (Å²) in [5, 5.41) is 11.9. The van der Waals surface area contributed by atoms with E-state index in [1.807, 2.05) is 0 Å². The van der Waals surface area contributed by atoms with Crippen LogP contribution in [0.5, 0.6) is 0 Å². The monoisotopic (exact) mass is 180 g/mol. The molecule has 0 radical (unpaired) electrons. The molecule has 0 spiro atoms. The Morgan fingerprint density at radius 3 is 2.77 bits per heavy atom. The molecule has 0 bridgehead atoms. The van der Waals surface area contributed by atoms with Gasteiger partial charge in [-0.2, -0.15) is 5.26 Å². The summed E-state index contributed by atoms with van der Waals surface area (Å²) in [6.45, 7) is 3.37. The Morgan fingerprint density at radius 2 is 2.23 bits per heavy atom. The molecule has 13 heavy (non-hydrogen) atoms. The van der Waals surface area contributed by atoms with Gasteiger partial charge in [0.15, 0.2) is 0 Å². The number of nitrogens with zero attached hydrogens (tertiary/aromatic N) is 1. The third-order valence-corrected chi connectivity index (χ3v) is 3.04. The van der Waals surface area contributed by atoms with Gasteiger partial charge in [-0.25, -0.2) is 0 Å². The number of hydrogen-bond donors (Lipinski definition) is 1. The number of rotatable bonds is 6. The molecule has 1 rings (SSSR count). The van der Waals surface area contributed by atoms with Crippen LogP contribution in [-0.4, -0.2) is 12.6 Å². The topological polar surface area (TPSA) is 35.8 Å². The van der Waals surface area contributed by atoms with E-state index in [1.165, 1.54) is 19.3 Å². The minimum atomic E-state index is 0.691. The minimum absolute atomic E-state index is 0.691. The van der Waals surface area contributed by atoms with E-state index in [9.17, 15) is 0 Å². The van der Waals surface area contributed by atoms with Crippen molar-refractivity contribution < 1.29 is 0 Å². The number of unbranched alkanes of at least 4 members (excludes halogenated alkanes) is 2. The van der Waals surface area contributed by atoms with Gasteiger partial charge >= 0.3 is 0 Å². The Balaban J connectivity index is 1.90. The van der Waals surface area contributed by atoms with Crippen molar-refractivity contribution in [2.75, 3.05) is 6.54 Å². The van der Waals surface area contributed by atoms with Gasteiger partial charge in [0, 0.05) is 12.5 Å². The molecule has 1 atom stereocenters. The van der Waals surface area contributed by atoms with Gasteiger partial charge in [0.1, 0.15) is 0 Å². The molecule has 0 aliphatic heterocycles. The highest BCUT2D eigenvalue weighted by Gasteiger charge is 2.22. The standard InChI is InChI=1S/C11H20N2/c1-10(11-6-5-7-11)13-9-4-2-3-8-12/h10-11,13H,2-7,9H2,1H3. The summed E-state index contributed by atoms with van der Waals surface area (Å²) in [5.74, 6) is 0.927. The summed E-state index contributed by atoms with van der Waals surface area (Å²) >= 11 is 0. The molecule has 0 aromatic carbocycles. The quantitative estimate of drug-likeness (QED) is 0.637. The van der Waals surface area contributed by atoms with E-state index in [0.29, 0.717) is 12.5 Å². The first kappa shape index (κ1) is 10.5. The molecule has 1 saturated carbocycles. The second-order valence-electron chi connectivity index (χ2n) is 4.05. The molecular weight excluding hydrogens is 160 g/mol. The fourth-order valence-electron chi connectivity index (χ4n) is 1.77. The van der Waals surface area contributed by atoms with Gasteiger partial charge in [0.2, 0.25) is 0 Å². The Hall–Kier alpha value is -0.550. The lowest BCUT2D eigenvalue weighted by atomic mass is 9.80. The van der Waals surface area contributed by atoms with E-state index in [2.05, 4.69) is 18.3 Å². The highest BCUT2D eigenvalue weighted by atomic mass is 14.9. The van der Waals surface area contributed by atoms with Gasteiger partial charge < -0.3 is 5.32 Å². The average Bonchev–Trinajstić information content (AvgIpc) is 2.01. The maximum absolute atomic E-state index is 8.34. The second-order valence-corrected chi connectivity index (χ2v) is 4.05. The van der Waals surface area contributed by atoms with Crippen molar-refractivity contribution in [2.24, 2.45) is 5.92 Å². The van der Waals surface area contributed by atoms with Crippen LogP contribution in [0.4, 0.5) is 0 Å². The van der Waals surface area contributed by atoms with Gasteiger partial charge in [-0.15, -0.1) is 0 Å². The summed E-state index contributed by atoms with van der Waals surface area (Å²) < 4.78 is 0. The molecule has 1 fully saturated rings. The van der Waals surface area contributed by atoms with Gasteiger partial charge in [0.05, 0.1) is 6.07 Å². The zero-order valence-electron chi connectivity index (χ0n) is 8.55. The average molecular weight is 180 g/mol. The van der Waals surface area contributed by atoms with Crippen molar-refractivity contribution in [2.45, 2.75) is 51.5 Å². The molecule has 1 unspecified atom stereocenters. The smallest absolute Gasteiger partial charge is 0.0621 e. The largest absolute Gasteiger partial charge is 0.314 e. The first-order valence-electron chi connectivity index (χ1n) is 5.45. The van der Waals surface area contributed by atoms with Crippen molar-refractivity contribution in [1.82, 2.24) is 5.32 Å². The van der Waals surface area contributed by atoms with Crippen molar-refractivity contribution in [3.8, 4) is 6.07 Å². The lowest BCUT2D eigenvalue weighted by Gasteiger charge is -2.32. The van der Waals surface area contributed by atoms with Crippen molar-refractivity contribution >= 4 is 0 Å². The molecule has 0 amide bonds. The molecule has 0 heterocycles. The van der Waals surface area contributed by atoms with Crippen molar-refractivity contribution in [3.63, 3.8) is 0 Å². The molecule has 1 N–H and O–H groups in total. The minimum Gasteiger partial charge on any atom is -0.314 e. The zero-order valence-corrected chi connectivity index (χ0v) is 8.55. The van der Waals surface area contributed by atoms with Crippen molar-refractivity contribution in [1.29, 1.82) is 5.26 Å². The van der Waals surface area contributed by atoms with Crippen molar-refractivity contribution in [3.05, 3.63) is 0 Å². The van der Waals surface area contributed by atoms with E-state index >= 15 is 0 Å². The SMILES string of the molecule is CC(NCCCCC#N)C1CCC1. The van der Waals surface area contributed by atoms with Gasteiger partial charge in [-0.3, -0.25) is 0 Å². The van der Waals surface area contributed by atoms with Gasteiger partial charge in [-0.05, 0) is 45.1 Å². The van der Waals surface area contributed by atoms with Crippen LogP contribution in [0, 0.1) is 17.2 Å². The Kier molecular flexibility index (Phi) is 4.85. The van der Waals surface area contributed by atoms with Crippen LogP contribution in [0.1, 0.15) is 45.4 Å². The van der Waals surface area contributed by atoms with Crippen LogP contribution in [0.15, 0.2) is 0 Å². The van der Waals surface area contributed by atoms with E-state index < -0.39 is 0 Å². The number of hydrogen-bond acceptors (Lipinski definition) is 2. The first-order chi connectivity index (χ1) is 6.34. The lowest BCUT2D eigenvalue weighted by Crippen LogP contribution is -2.37. The fourth-order valence-corrected chi connectivity index (χ4v) is 1.77. The molecule has 0 aromatic rings. The van der Waals surface area contributed by atoms with Crippen LogP contribution < -0.4 is 5.32 Å². The Labute approximate surface area is 81.3 Å². The highest BCUT2D eigenvalue weighted by molar-refractivity contribution is 4.79. The number of nitrogens with one attached hydrogen (secondary N) is 1. The summed E-state index contributed by atoms with van der Waals surface area (Å²) in [6, 6.07) is 2.86. The van der Waals surface area contributed by atoms with Gasteiger partial charge in [-0.1, -0.05) is 6.42 Å². The van der Waals surface area contributed by atoms with Gasteiger partial charge in [0.25, 0.3) is 0 Å². The third-order valence-electron chi connectivity index (χ3n) is 3.04. The predicted octanol–water partition coefficient (Wildman–Crippen LogP) is 2.46. The molecule has 1 aliphatic rings. The molecular formula is C11H20N2. The molecule has 2 nitrogen and oxygen atoms in total. The van der Waals surface area contributed by atoms with E-state index in [4.69, 9.17) is 5.26 Å². The molecule has 1 aliphatic carbocycles. The van der Waals surface area contributed by atoms with Crippen LogP contribution >= 0.6 is 0 Å². The lowest BCUT2D eigenvalue weighted by molar-refractivity contribution is 0.241.